The van der Waals surface area contributed by atoms with Crippen LogP contribution in [-0.4, -0.2) is 34.8 Å². The number of para-hydroxylation sites is 1. The molecular formula is C20H21N3O3S. The summed E-state index contributed by atoms with van der Waals surface area (Å²) in [5, 5.41) is 3.79. The van der Waals surface area contributed by atoms with E-state index in [-0.39, 0.29) is 17.7 Å². The minimum atomic E-state index is -0.0423. The Morgan fingerprint density at radius 2 is 2.00 bits per heavy atom. The lowest BCUT2D eigenvalue weighted by atomic mass is 9.96. The number of fused-ring (bicyclic) bond motifs is 1. The molecule has 0 saturated carbocycles. The number of nitrogens with one attached hydrogen (secondary N) is 1. The summed E-state index contributed by atoms with van der Waals surface area (Å²) < 4.78 is 6.99. The molecule has 3 heterocycles. The zero-order valence-corrected chi connectivity index (χ0v) is 15.9. The third kappa shape index (κ3) is 3.88. The van der Waals surface area contributed by atoms with Crippen molar-refractivity contribution in [2.75, 3.05) is 13.1 Å². The number of benzene rings is 1. The van der Waals surface area contributed by atoms with E-state index in [1.54, 1.807) is 23.2 Å². The first-order valence-corrected chi connectivity index (χ1v) is 9.89. The van der Waals surface area contributed by atoms with Crippen LogP contribution in [0.25, 0.3) is 21.0 Å². The van der Waals surface area contributed by atoms with Crippen molar-refractivity contribution in [2.45, 2.75) is 26.3 Å². The molecular weight excluding hydrogens is 362 g/mol. The summed E-state index contributed by atoms with van der Waals surface area (Å²) in [4.78, 5) is 30.1. The summed E-state index contributed by atoms with van der Waals surface area (Å²) in [6.07, 6.45) is 1.42. The number of rotatable bonds is 4. The van der Waals surface area contributed by atoms with E-state index in [0.29, 0.717) is 38.2 Å². The van der Waals surface area contributed by atoms with Crippen molar-refractivity contribution >= 4 is 33.4 Å². The number of thiazole rings is 1. The predicted octanol–water partition coefficient (Wildman–Crippen LogP) is 3.43. The Bertz CT molecular complexity index is 937. The standard InChI is InChI=1S/C20H21N3O3S/c1-13(24)23-10-8-14(9-11-23)19(25)21-12-15-6-7-17(26-15)20-22-16-4-2-3-5-18(16)27-20/h2-7,14H,8-12H2,1H3,(H,21,25). The first-order chi connectivity index (χ1) is 13.1. The molecule has 0 radical (unpaired) electrons. The molecule has 3 aromatic rings. The Balaban J connectivity index is 1.34. The number of piperidine rings is 1. The Hall–Kier alpha value is -2.67. The number of carbonyl (C=O) groups excluding carboxylic acids is 2. The minimum Gasteiger partial charge on any atom is -0.457 e. The Morgan fingerprint density at radius 3 is 2.74 bits per heavy atom. The molecule has 2 aromatic heterocycles. The van der Waals surface area contributed by atoms with Crippen molar-refractivity contribution in [2.24, 2.45) is 5.92 Å². The van der Waals surface area contributed by atoms with Crippen LogP contribution in [0.4, 0.5) is 0 Å². The van der Waals surface area contributed by atoms with Crippen LogP contribution in [0.3, 0.4) is 0 Å². The molecule has 140 valence electrons. The second-order valence-corrected chi connectivity index (χ2v) is 7.78. The van der Waals surface area contributed by atoms with Gasteiger partial charge >= 0.3 is 0 Å². The van der Waals surface area contributed by atoms with Gasteiger partial charge in [0.15, 0.2) is 10.8 Å². The van der Waals surface area contributed by atoms with Gasteiger partial charge in [-0.05, 0) is 37.1 Å². The molecule has 1 aromatic carbocycles. The van der Waals surface area contributed by atoms with Gasteiger partial charge in [-0.1, -0.05) is 12.1 Å². The van der Waals surface area contributed by atoms with E-state index in [9.17, 15) is 9.59 Å². The normalized spacial score (nSPS) is 15.2. The molecule has 1 fully saturated rings. The fraction of sp³-hybridized carbons (Fsp3) is 0.350. The van der Waals surface area contributed by atoms with Crippen molar-refractivity contribution in [3.8, 4) is 10.8 Å². The number of nitrogens with zero attached hydrogens (tertiary/aromatic N) is 2. The van der Waals surface area contributed by atoms with E-state index in [4.69, 9.17) is 4.42 Å². The number of amides is 2. The molecule has 6 nitrogen and oxygen atoms in total. The monoisotopic (exact) mass is 383 g/mol. The molecule has 7 heteroatoms. The zero-order valence-electron chi connectivity index (χ0n) is 15.1. The lowest BCUT2D eigenvalue weighted by Crippen LogP contribution is -2.42. The smallest absolute Gasteiger partial charge is 0.223 e. The molecule has 0 unspecified atom stereocenters. The van der Waals surface area contributed by atoms with Gasteiger partial charge in [0.2, 0.25) is 11.8 Å². The maximum Gasteiger partial charge on any atom is 0.223 e. The quantitative estimate of drug-likeness (QED) is 0.749. The summed E-state index contributed by atoms with van der Waals surface area (Å²) in [6, 6.07) is 11.8. The number of likely N-dealkylation sites (tertiary alicyclic amines) is 1. The molecule has 1 saturated heterocycles. The van der Waals surface area contributed by atoms with E-state index in [1.807, 2.05) is 36.4 Å². The molecule has 2 amide bonds. The highest BCUT2D eigenvalue weighted by Crippen LogP contribution is 2.31. The van der Waals surface area contributed by atoms with Crippen LogP contribution < -0.4 is 5.32 Å². The first kappa shape index (κ1) is 17.7. The second kappa shape index (κ2) is 7.52. The molecule has 0 spiro atoms. The predicted molar refractivity (Wildman–Crippen MR) is 104 cm³/mol. The second-order valence-electron chi connectivity index (χ2n) is 6.75. The number of furan rings is 1. The number of carbonyl (C=O) groups is 2. The molecule has 0 aliphatic carbocycles. The van der Waals surface area contributed by atoms with Crippen LogP contribution in [0, 0.1) is 5.92 Å². The van der Waals surface area contributed by atoms with Gasteiger partial charge in [-0.25, -0.2) is 4.98 Å². The van der Waals surface area contributed by atoms with Gasteiger partial charge < -0.3 is 14.6 Å². The molecule has 1 aliphatic rings. The van der Waals surface area contributed by atoms with Crippen LogP contribution in [-0.2, 0) is 16.1 Å². The highest BCUT2D eigenvalue weighted by atomic mass is 32.1. The van der Waals surface area contributed by atoms with Gasteiger partial charge in [0.1, 0.15) is 5.76 Å². The van der Waals surface area contributed by atoms with E-state index in [1.165, 1.54) is 0 Å². The fourth-order valence-corrected chi connectivity index (χ4v) is 4.27. The third-order valence-electron chi connectivity index (χ3n) is 4.91. The summed E-state index contributed by atoms with van der Waals surface area (Å²) in [7, 11) is 0. The summed E-state index contributed by atoms with van der Waals surface area (Å²) in [5.74, 6) is 1.48. The summed E-state index contributed by atoms with van der Waals surface area (Å²) in [6.45, 7) is 3.23. The summed E-state index contributed by atoms with van der Waals surface area (Å²) in [5.41, 5.74) is 0.959. The molecule has 1 aliphatic heterocycles. The highest BCUT2D eigenvalue weighted by molar-refractivity contribution is 7.21. The fourth-order valence-electron chi connectivity index (χ4n) is 3.34. The van der Waals surface area contributed by atoms with Crippen molar-refractivity contribution in [1.82, 2.24) is 15.2 Å². The first-order valence-electron chi connectivity index (χ1n) is 9.08. The van der Waals surface area contributed by atoms with Gasteiger partial charge in [-0.15, -0.1) is 11.3 Å². The number of hydrogen-bond donors (Lipinski definition) is 1. The summed E-state index contributed by atoms with van der Waals surface area (Å²) >= 11 is 1.59. The average molecular weight is 383 g/mol. The van der Waals surface area contributed by atoms with Crippen LogP contribution in [0.1, 0.15) is 25.5 Å². The molecule has 4 rings (SSSR count). The van der Waals surface area contributed by atoms with E-state index < -0.39 is 0 Å². The Kier molecular flexibility index (Phi) is 4.94. The highest BCUT2D eigenvalue weighted by Gasteiger charge is 2.26. The third-order valence-corrected chi connectivity index (χ3v) is 5.97. The van der Waals surface area contributed by atoms with Crippen molar-refractivity contribution in [3.63, 3.8) is 0 Å². The topological polar surface area (TPSA) is 75.4 Å². The van der Waals surface area contributed by atoms with Gasteiger partial charge in [0.05, 0.1) is 16.8 Å². The lowest BCUT2D eigenvalue weighted by Gasteiger charge is -2.30. The van der Waals surface area contributed by atoms with Gasteiger partial charge in [-0.2, -0.15) is 0 Å². The SMILES string of the molecule is CC(=O)N1CCC(C(=O)NCc2ccc(-c3nc4ccccc4s3)o2)CC1. The van der Waals surface area contributed by atoms with Gasteiger partial charge in [0, 0.05) is 25.9 Å². The van der Waals surface area contributed by atoms with Crippen LogP contribution >= 0.6 is 11.3 Å². The van der Waals surface area contributed by atoms with Gasteiger partial charge in [-0.3, -0.25) is 9.59 Å². The molecule has 27 heavy (non-hydrogen) atoms. The number of hydrogen-bond acceptors (Lipinski definition) is 5. The maximum absolute atomic E-state index is 12.4. The minimum absolute atomic E-state index is 0.0242. The Morgan fingerprint density at radius 1 is 1.22 bits per heavy atom. The average Bonchev–Trinajstić information content (AvgIpc) is 3.32. The van der Waals surface area contributed by atoms with Crippen LogP contribution in [0.5, 0.6) is 0 Å². The Labute approximate surface area is 161 Å². The number of aromatic nitrogens is 1. The lowest BCUT2D eigenvalue weighted by molar-refractivity contribution is -0.134. The van der Waals surface area contributed by atoms with Crippen LogP contribution in [0.2, 0.25) is 0 Å². The molecule has 0 atom stereocenters. The van der Waals surface area contributed by atoms with Gasteiger partial charge in [0.25, 0.3) is 0 Å². The molecule has 0 bridgehead atoms. The van der Waals surface area contributed by atoms with E-state index in [2.05, 4.69) is 10.3 Å². The maximum atomic E-state index is 12.4. The largest absolute Gasteiger partial charge is 0.457 e. The van der Waals surface area contributed by atoms with Crippen molar-refractivity contribution in [3.05, 3.63) is 42.2 Å². The zero-order chi connectivity index (χ0) is 18.8. The van der Waals surface area contributed by atoms with Crippen molar-refractivity contribution in [1.29, 1.82) is 0 Å². The van der Waals surface area contributed by atoms with E-state index >= 15 is 0 Å². The van der Waals surface area contributed by atoms with Crippen molar-refractivity contribution < 1.29 is 14.0 Å². The van der Waals surface area contributed by atoms with Crippen LogP contribution in [0.15, 0.2) is 40.8 Å². The van der Waals surface area contributed by atoms with E-state index in [0.717, 1.165) is 21.0 Å². The molecule has 1 N–H and O–H groups in total.